The van der Waals surface area contributed by atoms with Gasteiger partial charge in [0.1, 0.15) is 0 Å². The summed E-state index contributed by atoms with van der Waals surface area (Å²) < 4.78 is 0. The van der Waals surface area contributed by atoms with Crippen LogP contribution in [0.15, 0.2) is 66.2 Å². The molecule has 2 aromatic rings. The van der Waals surface area contributed by atoms with E-state index in [1.54, 1.807) is 24.3 Å². The van der Waals surface area contributed by atoms with Crippen LogP contribution in [0.4, 0.5) is 0 Å². The number of carboxylic acid groups (broad SMARTS) is 1. The Kier molecular flexibility index (Phi) is 5.66. The van der Waals surface area contributed by atoms with Crippen molar-refractivity contribution in [3.63, 3.8) is 0 Å². The number of aliphatic carboxylic acids is 1. The first kappa shape index (κ1) is 19.2. The number of amides is 1. The van der Waals surface area contributed by atoms with Crippen LogP contribution in [0.1, 0.15) is 36.8 Å². The molecule has 0 radical (unpaired) electrons. The molecular formula is C22H21ClNO3-. The van der Waals surface area contributed by atoms with Gasteiger partial charge < -0.3 is 15.2 Å². The fourth-order valence-corrected chi connectivity index (χ4v) is 3.79. The zero-order valence-electron chi connectivity index (χ0n) is 15.1. The minimum Gasteiger partial charge on any atom is -0.549 e. The van der Waals surface area contributed by atoms with Gasteiger partial charge in [-0.1, -0.05) is 65.7 Å². The molecule has 1 aliphatic rings. The van der Waals surface area contributed by atoms with Crippen molar-refractivity contribution < 1.29 is 14.7 Å². The lowest BCUT2D eigenvalue weighted by atomic mass is 9.63. The molecule has 5 heteroatoms. The molecule has 0 aromatic heterocycles. The number of allylic oxidation sites excluding steroid dienone is 2. The smallest absolute Gasteiger partial charge is 0.233 e. The second kappa shape index (κ2) is 7.97. The maximum atomic E-state index is 13.1. The minimum atomic E-state index is -1.65. The summed E-state index contributed by atoms with van der Waals surface area (Å²) in [5, 5.41) is 15.6. The van der Waals surface area contributed by atoms with E-state index in [9.17, 15) is 14.7 Å². The molecule has 3 rings (SSSR count). The zero-order chi connectivity index (χ0) is 19.4. The lowest BCUT2D eigenvalue weighted by molar-refractivity contribution is -0.318. The molecule has 0 unspecified atom stereocenters. The Hall–Kier alpha value is -2.59. The number of carbonyl (C=O) groups is 2. The number of benzene rings is 2. The third-order valence-corrected chi connectivity index (χ3v) is 5.48. The fourth-order valence-electron chi connectivity index (χ4n) is 3.66. The van der Waals surface area contributed by atoms with E-state index in [2.05, 4.69) is 5.32 Å². The number of halogens is 1. The van der Waals surface area contributed by atoms with Crippen molar-refractivity contribution in [2.45, 2.75) is 32.2 Å². The van der Waals surface area contributed by atoms with E-state index >= 15 is 0 Å². The van der Waals surface area contributed by atoms with Crippen molar-refractivity contribution in [3.05, 3.63) is 82.4 Å². The van der Waals surface area contributed by atoms with E-state index in [4.69, 9.17) is 11.6 Å². The van der Waals surface area contributed by atoms with E-state index in [0.29, 0.717) is 11.4 Å². The van der Waals surface area contributed by atoms with Gasteiger partial charge in [0.2, 0.25) is 5.91 Å². The summed E-state index contributed by atoms with van der Waals surface area (Å²) in [6, 6.07) is 16.4. The average Bonchev–Trinajstić information content (AvgIpc) is 2.67. The summed E-state index contributed by atoms with van der Waals surface area (Å²) in [5.41, 5.74) is 1.08. The van der Waals surface area contributed by atoms with Crippen LogP contribution >= 0.6 is 11.6 Å². The Morgan fingerprint density at radius 3 is 2.44 bits per heavy atom. The van der Waals surface area contributed by atoms with Crippen LogP contribution in [0.2, 0.25) is 5.02 Å². The first-order valence-electron chi connectivity index (χ1n) is 8.88. The Labute approximate surface area is 163 Å². The Morgan fingerprint density at radius 2 is 1.81 bits per heavy atom. The van der Waals surface area contributed by atoms with Gasteiger partial charge in [-0.25, -0.2) is 0 Å². The van der Waals surface area contributed by atoms with Crippen LogP contribution in [-0.2, 0) is 16.1 Å². The predicted octanol–water partition coefficient (Wildman–Crippen LogP) is 3.22. The second-order valence-electron chi connectivity index (χ2n) is 6.99. The van der Waals surface area contributed by atoms with Crippen molar-refractivity contribution in [2.75, 3.05) is 0 Å². The molecule has 0 heterocycles. The Bertz CT molecular complexity index is 861. The van der Waals surface area contributed by atoms with Gasteiger partial charge in [-0.15, -0.1) is 0 Å². The topological polar surface area (TPSA) is 69.2 Å². The molecule has 27 heavy (non-hydrogen) atoms. The number of hydrogen-bond donors (Lipinski definition) is 1. The molecule has 1 aliphatic carbocycles. The standard InChI is InChI=1S/C22H22ClNO3/c1-15-11-12-22(21(26)27,19(13-15)17-7-9-18(23)10-8-17)20(25)24-14-16-5-3-2-4-6-16/h2-11,19H,12-14H2,1H3,(H,24,25)(H,26,27)/p-1/t19-,22+/m0/s1. The van der Waals surface area contributed by atoms with Gasteiger partial charge in [0.15, 0.2) is 0 Å². The van der Waals surface area contributed by atoms with Gasteiger partial charge in [0.25, 0.3) is 0 Å². The van der Waals surface area contributed by atoms with Gasteiger partial charge in [0, 0.05) is 17.5 Å². The highest BCUT2D eigenvalue weighted by Crippen LogP contribution is 2.47. The highest BCUT2D eigenvalue weighted by atomic mass is 35.5. The average molecular weight is 383 g/mol. The summed E-state index contributed by atoms with van der Waals surface area (Å²) in [4.78, 5) is 25.4. The molecule has 1 N–H and O–H groups in total. The molecule has 1 amide bonds. The van der Waals surface area contributed by atoms with Crippen molar-refractivity contribution in [1.29, 1.82) is 0 Å². The SMILES string of the molecule is CC1=CC[C@](C(=O)[O-])(C(=O)NCc2ccccc2)[C@H](c2ccc(Cl)cc2)C1. The number of nitrogens with one attached hydrogen (secondary N) is 1. The van der Waals surface area contributed by atoms with Gasteiger partial charge in [-0.2, -0.15) is 0 Å². The normalized spacial score (nSPS) is 22.0. The zero-order valence-corrected chi connectivity index (χ0v) is 15.8. The summed E-state index contributed by atoms with van der Waals surface area (Å²) in [6.45, 7) is 2.22. The highest BCUT2D eigenvalue weighted by Gasteiger charge is 2.48. The molecule has 0 bridgehead atoms. The van der Waals surface area contributed by atoms with Crippen LogP contribution in [-0.4, -0.2) is 11.9 Å². The van der Waals surface area contributed by atoms with E-state index in [1.165, 1.54) is 0 Å². The lowest BCUT2D eigenvalue weighted by Gasteiger charge is -2.43. The summed E-state index contributed by atoms with van der Waals surface area (Å²) in [6.07, 6.45) is 2.41. The Balaban J connectivity index is 1.94. The number of carbonyl (C=O) groups excluding carboxylic acids is 2. The fraction of sp³-hybridized carbons (Fsp3) is 0.273. The summed E-state index contributed by atoms with van der Waals surface area (Å²) in [5.74, 6) is -2.38. The minimum absolute atomic E-state index is 0.106. The number of hydrogen-bond acceptors (Lipinski definition) is 3. The summed E-state index contributed by atoms with van der Waals surface area (Å²) in [7, 11) is 0. The van der Waals surface area contributed by atoms with Gasteiger partial charge in [0.05, 0.1) is 11.4 Å². The molecule has 0 spiro atoms. The first-order chi connectivity index (χ1) is 12.9. The van der Waals surface area contributed by atoms with Crippen LogP contribution in [0.3, 0.4) is 0 Å². The van der Waals surface area contributed by atoms with Crippen molar-refractivity contribution in [1.82, 2.24) is 5.32 Å². The molecule has 0 fully saturated rings. The summed E-state index contributed by atoms with van der Waals surface area (Å²) >= 11 is 5.97. The van der Waals surface area contributed by atoms with Gasteiger partial charge in [-0.05, 0) is 43.0 Å². The molecule has 0 saturated heterocycles. The largest absolute Gasteiger partial charge is 0.549 e. The van der Waals surface area contributed by atoms with Crippen LogP contribution in [0.5, 0.6) is 0 Å². The molecule has 140 valence electrons. The lowest BCUT2D eigenvalue weighted by Crippen LogP contribution is -2.56. The van der Waals surface area contributed by atoms with E-state index < -0.39 is 23.2 Å². The molecule has 4 nitrogen and oxygen atoms in total. The number of rotatable bonds is 5. The number of carboxylic acids is 1. The monoisotopic (exact) mass is 382 g/mol. The first-order valence-corrected chi connectivity index (χ1v) is 9.26. The molecule has 0 aliphatic heterocycles. The van der Waals surface area contributed by atoms with E-state index in [0.717, 1.165) is 16.7 Å². The molecule has 2 aromatic carbocycles. The third-order valence-electron chi connectivity index (χ3n) is 5.23. The Morgan fingerprint density at radius 1 is 1.15 bits per heavy atom. The quantitative estimate of drug-likeness (QED) is 0.637. The molecule has 0 saturated carbocycles. The maximum Gasteiger partial charge on any atom is 0.233 e. The molecule has 2 atom stereocenters. The molecular weight excluding hydrogens is 362 g/mol. The maximum absolute atomic E-state index is 13.1. The van der Waals surface area contributed by atoms with Crippen LogP contribution in [0.25, 0.3) is 0 Å². The highest BCUT2D eigenvalue weighted by molar-refractivity contribution is 6.30. The van der Waals surface area contributed by atoms with Gasteiger partial charge in [-0.3, -0.25) is 4.79 Å². The van der Waals surface area contributed by atoms with Crippen LogP contribution in [0, 0.1) is 5.41 Å². The second-order valence-corrected chi connectivity index (χ2v) is 7.43. The van der Waals surface area contributed by atoms with Crippen LogP contribution < -0.4 is 10.4 Å². The van der Waals surface area contributed by atoms with E-state index in [1.807, 2.05) is 43.3 Å². The van der Waals surface area contributed by atoms with E-state index in [-0.39, 0.29) is 13.0 Å². The van der Waals surface area contributed by atoms with Crippen molar-refractivity contribution >= 4 is 23.5 Å². The predicted molar refractivity (Wildman–Crippen MR) is 103 cm³/mol. The van der Waals surface area contributed by atoms with Crippen molar-refractivity contribution in [3.8, 4) is 0 Å². The van der Waals surface area contributed by atoms with Gasteiger partial charge >= 0.3 is 0 Å². The third kappa shape index (κ3) is 3.91. The van der Waals surface area contributed by atoms with Crippen molar-refractivity contribution in [2.24, 2.45) is 5.41 Å².